The first-order chi connectivity index (χ1) is 10.4. The van der Waals surface area contributed by atoms with Crippen molar-refractivity contribution in [1.82, 2.24) is 10.6 Å². The Morgan fingerprint density at radius 3 is 2.86 bits per heavy atom. The largest absolute Gasteiger partial charge is 0.573 e. The molecule has 0 aliphatic carbocycles. The molecule has 1 aromatic carbocycles. The second-order valence-corrected chi connectivity index (χ2v) is 4.83. The molecule has 0 bridgehead atoms. The van der Waals surface area contributed by atoms with Crippen LogP contribution in [-0.2, 0) is 16.1 Å². The summed E-state index contributed by atoms with van der Waals surface area (Å²) in [5, 5.41) is 5.68. The predicted molar refractivity (Wildman–Crippen MR) is 72.2 cm³/mol. The predicted octanol–water partition coefficient (Wildman–Crippen LogP) is 1.58. The van der Waals surface area contributed by atoms with E-state index in [1.165, 1.54) is 18.2 Å². The Labute approximate surface area is 125 Å². The molecule has 1 heterocycles. The first-order valence-electron chi connectivity index (χ1n) is 6.87. The Hall–Kier alpha value is -1.80. The zero-order valence-corrected chi connectivity index (χ0v) is 11.8. The standard InChI is InChI=1S/C14H17F3N2O3/c15-14(16,17)22-12-4-2-1-3-10(12)8-19-13(20)7-11-9-18-5-6-21-11/h1-4,11,18H,5-9H2,(H,19,20). The van der Waals surface area contributed by atoms with E-state index in [2.05, 4.69) is 15.4 Å². The molecule has 0 spiro atoms. The van der Waals surface area contributed by atoms with Gasteiger partial charge < -0.3 is 20.1 Å². The number of amides is 1. The summed E-state index contributed by atoms with van der Waals surface area (Å²) in [6.45, 7) is 1.84. The Balaban J connectivity index is 1.86. The van der Waals surface area contributed by atoms with Gasteiger partial charge in [0.2, 0.25) is 5.91 Å². The van der Waals surface area contributed by atoms with Crippen molar-refractivity contribution in [3.05, 3.63) is 29.8 Å². The smallest absolute Gasteiger partial charge is 0.405 e. The summed E-state index contributed by atoms with van der Waals surface area (Å²) in [6.07, 6.45) is -4.81. The summed E-state index contributed by atoms with van der Waals surface area (Å²) in [4.78, 5) is 11.8. The third-order valence-electron chi connectivity index (χ3n) is 3.09. The first kappa shape index (κ1) is 16.6. The van der Waals surface area contributed by atoms with Crippen molar-refractivity contribution in [3.8, 4) is 5.75 Å². The molecule has 1 aromatic rings. The molecule has 1 saturated heterocycles. The van der Waals surface area contributed by atoms with Gasteiger partial charge in [0.05, 0.1) is 19.1 Å². The number of carbonyl (C=O) groups is 1. The molecule has 8 heteroatoms. The molecule has 5 nitrogen and oxygen atoms in total. The van der Waals surface area contributed by atoms with Gasteiger partial charge >= 0.3 is 6.36 Å². The molecular weight excluding hydrogens is 301 g/mol. The van der Waals surface area contributed by atoms with E-state index < -0.39 is 6.36 Å². The molecule has 0 saturated carbocycles. The molecule has 1 atom stereocenters. The van der Waals surface area contributed by atoms with Crippen molar-refractivity contribution < 1.29 is 27.4 Å². The number of carbonyl (C=O) groups excluding carboxylic acids is 1. The average Bonchev–Trinajstić information content (AvgIpc) is 2.46. The minimum absolute atomic E-state index is 0.0365. The molecular formula is C14H17F3N2O3. The Bertz CT molecular complexity index is 502. The molecule has 2 N–H and O–H groups in total. The molecule has 1 amide bonds. The number of rotatable bonds is 5. The molecule has 1 aliphatic rings. The van der Waals surface area contributed by atoms with E-state index in [-0.39, 0.29) is 36.3 Å². The summed E-state index contributed by atoms with van der Waals surface area (Å²) in [5.74, 6) is -0.596. The lowest BCUT2D eigenvalue weighted by Gasteiger charge is -2.23. The maximum atomic E-state index is 12.3. The van der Waals surface area contributed by atoms with Crippen LogP contribution in [-0.4, -0.2) is 38.1 Å². The van der Waals surface area contributed by atoms with E-state index in [4.69, 9.17) is 4.74 Å². The van der Waals surface area contributed by atoms with Gasteiger partial charge in [-0.05, 0) is 6.07 Å². The van der Waals surface area contributed by atoms with Crippen LogP contribution in [0.3, 0.4) is 0 Å². The Kier molecular flexibility index (Phi) is 5.62. The number of hydrogen-bond acceptors (Lipinski definition) is 4. The van der Waals surface area contributed by atoms with E-state index in [0.717, 1.165) is 6.54 Å². The maximum absolute atomic E-state index is 12.3. The highest BCUT2D eigenvalue weighted by Crippen LogP contribution is 2.26. The van der Waals surface area contributed by atoms with Gasteiger partial charge in [0.1, 0.15) is 5.75 Å². The van der Waals surface area contributed by atoms with Gasteiger partial charge in [-0.2, -0.15) is 0 Å². The number of nitrogens with one attached hydrogen (secondary N) is 2. The molecule has 1 unspecified atom stereocenters. The number of morpholine rings is 1. The van der Waals surface area contributed by atoms with Crippen LogP contribution in [0.25, 0.3) is 0 Å². The molecule has 1 aliphatic heterocycles. The van der Waals surface area contributed by atoms with Crippen molar-refractivity contribution >= 4 is 5.91 Å². The van der Waals surface area contributed by atoms with E-state index in [1.807, 2.05) is 0 Å². The molecule has 1 fully saturated rings. The summed E-state index contributed by atoms with van der Waals surface area (Å²) in [7, 11) is 0. The second-order valence-electron chi connectivity index (χ2n) is 4.83. The molecule has 22 heavy (non-hydrogen) atoms. The van der Waals surface area contributed by atoms with E-state index in [9.17, 15) is 18.0 Å². The number of hydrogen-bond donors (Lipinski definition) is 2. The van der Waals surface area contributed by atoms with E-state index in [1.54, 1.807) is 6.07 Å². The maximum Gasteiger partial charge on any atom is 0.573 e. The fourth-order valence-electron chi connectivity index (χ4n) is 2.10. The molecule has 2 rings (SSSR count). The average molecular weight is 318 g/mol. The van der Waals surface area contributed by atoms with Gasteiger partial charge in [-0.15, -0.1) is 13.2 Å². The normalized spacial score (nSPS) is 18.8. The first-order valence-corrected chi connectivity index (χ1v) is 6.87. The summed E-state index contributed by atoms with van der Waals surface area (Å²) < 4.78 is 46.2. The lowest BCUT2D eigenvalue weighted by atomic mass is 10.2. The van der Waals surface area contributed by atoms with Gasteiger partial charge in [-0.1, -0.05) is 18.2 Å². The van der Waals surface area contributed by atoms with Gasteiger partial charge in [0, 0.05) is 25.2 Å². The molecule has 0 radical (unpaired) electrons. The van der Waals surface area contributed by atoms with Crippen LogP contribution in [0.1, 0.15) is 12.0 Å². The number of alkyl halides is 3. The van der Waals surface area contributed by atoms with Crippen LogP contribution < -0.4 is 15.4 Å². The van der Waals surface area contributed by atoms with Crippen LogP contribution >= 0.6 is 0 Å². The molecule has 122 valence electrons. The van der Waals surface area contributed by atoms with Gasteiger partial charge in [0.15, 0.2) is 0 Å². The van der Waals surface area contributed by atoms with Crippen molar-refractivity contribution in [1.29, 1.82) is 0 Å². The number of benzene rings is 1. The van der Waals surface area contributed by atoms with Crippen molar-refractivity contribution in [2.75, 3.05) is 19.7 Å². The van der Waals surface area contributed by atoms with Crippen LogP contribution in [0.4, 0.5) is 13.2 Å². The van der Waals surface area contributed by atoms with Crippen molar-refractivity contribution in [2.24, 2.45) is 0 Å². The number of ether oxygens (including phenoxy) is 2. The van der Waals surface area contributed by atoms with Crippen molar-refractivity contribution in [2.45, 2.75) is 25.4 Å². The lowest BCUT2D eigenvalue weighted by molar-refractivity contribution is -0.274. The topological polar surface area (TPSA) is 59.6 Å². The van der Waals surface area contributed by atoms with Crippen LogP contribution in [0, 0.1) is 0 Å². The monoisotopic (exact) mass is 318 g/mol. The third kappa shape index (κ3) is 5.53. The number of halogens is 3. The van der Waals surface area contributed by atoms with E-state index in [0.29, 0.717) is 13.2 Å². The van der Waals surface area contributed by atoms with E-state index >= 15 is 0 Å². The fourth-order valence-corrected chi connectivity index (χ4v) is 2.10. The highest BCUT2D eigenvalue weighted by molar-refractivity contribution is 5.76. The van der Waals surface area contributed by atoms with Crippen LogP contribution in [0.15, 0.2) is 24.3 Å². The minimum Gasteiger partial charge on any atom is -0.405 e. The van der Waals surface area contributed by atoms with Gasteiger partial charge in [-0.25, -0.2) is 0 Å². The van der Waals surface area contributed by atoms with Crippen LogP contribution in [0.2, 0.25) is 0 Å². The SMILES string of the molecule is O=C(CC1CNCCO1)NCc1ccccc1OC(F)(F)F. The lowest BCUT2D eigenvalue weighted by Crippen LogP contribution is -2.41. The molecule has 0 aromatic heterocycles. The summed E-state index contributed by atoms with van der Waals surface area (Å²) in [6, 6.07) is 5.70. The zero-order chi connectivity index (χ0) is 16.0. The Morgan fingerprint density at radius 2 is 2.18 bits per heavy atom. The minimum atomic E-state index is -4.76. The van der Waals surface area contributed by atoms with Crippen LogP contribution in [0.5, 0.6) is 5.75 Å². The quantitative estimate of drug-likeness (QED) is 0.865. The van der Waals surface area contributed by atoms with Gasteiger partial charge in [0.25, 0.3) is 0 Å². The second kappa shape index (κ2) is 7.46. The Morgan fingerprint density at radius 1 is 1.41 bits per heavy atom. The van der Waals surface area contributed by atoms with Crippen molar-refractivity contribution in [3.63, 3.8) is 0 Å². The summed E-state index contributed by atoms with van der Waals surface area (Å²) in [5.41, 5.74) is 0.260. The highest BCUT2D eigenvalue weighted by Gasteiger charge is 2.32. The van der Waals surface area contributed by atoms with Gasteiger partial charge in [-0.3, -0.25) is 4.79 Å². The zero-order valence-electron chi connectivity index (χ0n) is 11.8. The third-order valence-corrected chi connectivity index (χ3v) is 3.09. The highest BCUT2D eigenvalue weighted by atomic mass is 19.4. The fraction of sp³-hybridized carbons (Fsp3) is 0.500. The number of para-hydroxylation sites is 1. The summed E-state index contributed by atoms with van der Waals surface area (Å²) >= 11 is 0.